The van der Waals surface area contributed by atoms with Gasteiger partial charge in [-0.15, -0.1) is 0 Å². The zero-order valence-electron chi connectivity index (χ0n) is 11.1. The molecule has 0 aliphatic carbocycles. The summed E-state index contributed by atoms with van der Waals surface area (Å²) in [5.74, 6) is 0. The highest BCUT2D eigenvalue weighted by atomic mass is 15.2. The first kappa shape index (κ1) is 12.3. The van der Waals surface area contributed by atoms with Gasteiger partial charge >= 0.3 is 0 Å². The largest absolute Gasteiger partial charge is 0.315 e. The van der Waals surface area contributed by atoms with E-state index >= 15 is 0 Å². The van der Waals surface area contributed by atoms with Crippen molar-refractivity contribution in [2.24, 2.45) is 5.41 Å². The first-order chi connectivity index (χ1) is 7.57. The van der Waals surface area contributed by atoms with Gasteiger partial charge in [-0.25, -0.2) is 0 Å². The summed E-state index contributed by atoms with van der Waals surface area (Å²) in [5, 5.41) is 3.55. The van der Waals surface area contributed by atoms with Gasteiger partial charge in [-0.05, 0) is 31.8 Å². The summed E-state index contributed by atoms with van der Waals surface area (Å²) in [6.45, 7) is 12.1. The highest BCUT2D eigenvalue weighted by Crippen LogP contribution is 2.21. The molecule has 1 unspecified atom stereocenters. The highest BCUT2D eigenvalue weighted by molar-refractivity contribution is 4.85. The summed E-state index contributed by atoms with van der Waals surface area (Å²) in [4.78, 5) is 5.19. The lowest BCUT2D eigenvalue weighted by molar-refractivity contribution is 0.160. The molecule has 0 radical (unpaired) electrons. The Labute approximate surface area is 100 Å². The molecule has 2 heterocycles. The van der Waals surface area contributed by atoms with Gasteiger partial charge < -0.3 is 10.2 Å². The average molecular weight is 225 g/mol. The molecule has 0 spiro atoms. The number of likely N-dealkylation sites (tertiary alicyclic amines) is 1. The van der Waals surface area contributed by atoms with Crippen molar-refractivity contribution >= 4 is 0 Å². The maximum atomic E-state index is 3.55. The SMILES string of the molecule is CN1CCCC1CN1CCNCC(C)(C)C1. The quantitative estimate of drug-likeness (QED) is 0.757. The van der Waals surface area contributed by atoms with E-state index in [0.717, 1.165) is 19.1 Å². The molecule has 2 aliphatic heterocycles. The first-order valence-electron chi connectivity index (χ1n) is 6.70. The van der Waals surface area contributed by atoms with Crippen molar-refractivity contribution < 1.29 is 0 Å². The van der Waals surface area contributed by atoms with Crippen LogP contribution in [0.15, 0.2) is 0 Å². The molecule has 0 bridgehead atoms. The number of nitrogens with one attached hydrogen (secondary N) is 1. The minimum atomic E-state index is 0.424. The second-order valence-corrected chi connectivity index (χ2v) is 6.35. The predicted octanol–water partition coefficient (Wildman–Crippen LogP) is 1.01. The zero-order valence-corrected chi connectivity index (χ0v) is 11.1. The minimum absolute atomic E-state index is 0.424. The van der Waals surface area contributed by atoms with Crippen molar-refractivity contribution in [3.8, 4) is 0 Å². The Morgan fingerprint density at radius 1 is 1.31 bits per heavy atom. The van der Waals surface area contributed by atoms with Gasteiger partial charge in [0.1, 0.15) is 0 Å². The third kappa shape index (κ3) is 3.19. The fraction of sp³-hybridized carbons (Fsp3) is 1.00. The molecule has 0 aromatic carbocycles. The summed E-state index contributed by atoms with van der Waals surface area (Å²) in [6.07, 6.45) is 2.78. The lowest BCUT2D eigenvalue weighted by Gasteiger charge is -2.32. The number of hydrogen-bond donors (Lipinski definition) is 1. The molecule has 94 valence electrons. The molecule has 2 saturated heterocycles. The Kier molecular flexibility index (Phi) is 3.88. The lowest BCUT2D eigenvalue weighted by Crippen LogP contribution is -2.42. The normalized spacial score (nSPS) is 32.8. The van der Waals surface area contributed by atoms with Crippen LogP contribution in [0.2, 0.25) is 0 Å². The molecule has 1 N–H and O–H groups in total. The van der Waals surface area contributed by atoms with E-state index in [0.29, 0.717) is 5.41 Å². The molecule has 3 heteroatoms. The van der Waals surface area contributed by atoms with Crippen LogP contribution in [0.3, 0.4) is 0 Å². The Balaban J connectivity index is 1.88. The fourth-order valence-corrected chi connectivity index (χ4v) is 3.07. The molecular formula is C13H27N3. The van der Waals surface area contributed by atoms with Gasteiger partial charge in [0.05, 0.1) is 0 Å². The second-order valence-electron chi connectivity index (χ2n) is 6.35. The summed E-state index contributed by atoms with van der Waals surface area (Å²) < 4.78 is 0. The molecule has 3 nitrogen and oxygen atoms in total. The molecule has 2 fully saturated rings. The Morgan fingerprint density at radius 3 is 2.81 bits per heavy atom. The standard InChI is InChI=1S/C13H27N3/c1-13(2)10-14-6-8-16(11-13)9-12-5-4-7-15(12)3/h12,14H,4-11H2,1-3H3. The Morgan fingerprint density at radius 2 is 2.12 bits per heavy atom. The van der Waals surface area contributed by atoms with E-state index in [1.807, 2.05) is 0 Å². The Hall–Kier alpha value is -0.120. The number of nitrogens with zero attached hydrogens (tertiary/aromatic N) is 2. The van der Waals surface area contributed by atoms with Gasteiger partial charge in [0, 0.05) is 38.8 Å². The van der Waals surface area contributed by atoms with E-state index < -0.39 is 0 Å². The van der Waals surface area contributed by atoms with Crippen molar-refractivity contribution in [1.82, 2.24) is 15.1 Å². The lowest BCUT2D eigenvalue weighted by atomic mass is 9.93. The topological polar surface area (TPSA) is 18.5 Å². The summed E-state index contributed by atoms with van der Waals surface area (Å²) in [6, 6.07) is 0.800. The maximum absolute atomic E-state index is 3.55. The van der Waals surface area contributed by atoms with Crippen LogP contribution in [0.5, 0.6) is 0 Å². The maximum Gasteiger partial charge on any atom is 0.0220 e. The average Bonchev–Trinajstić information content (AvgIpc) is 2.49. The van der Waals surface area contributed by atoms with Gasteiger partial charge in [0.2, 0.25) is 0 Å². The Bertz CT molecular complexity index is 227. The second kappa shape index (κ2) is 5.03. The number of likely N-dealkylation sites (N-methyl/N-ethyl adjacent to an activating group) is 1. The molecule has 2 aliphatic rings. The molecule has 16 heavy (non-hydrogen) atoms. The van der Waals surface area contributed by atoms with E-state index in [9.17, 15) is 0 Å². The van der Waals surface area contributed by atoms with Crippen LogP contribution in [-0.4, -0.2) is 62.2 Å². The molecule has 2 rings (SSSR count). The molecular weight excluding hydrogens is 198 g/mol. The molecule has 0 saturated carbocycles. The summed E-state index contributed by atoms with van der Waals surface area (Å²) in [5.41, 5.74) is 0.424. The van der Waals surface area contributed by atoms with Crippen LogP contribution in [0.4, 0.5) is 0 Å². The van der Waals surface area contributed by atoms with Gasteiger partial charge in [-0.2, -0.15) is 0 Å². The van der Waals surface area contributed by atoms with Crippen molar-refractivity contribution in [3.63, 3.8) is 0 Å². The predicted molar refractivity (Wildman–Crippen MR) is 68.7 cm³/mol. The minimum Gasteiger partial charge on any atom is -0.315 e. The first-order valence-corrected chi connectivity index (χ1v) is 6.70. The van der Waals surface area contributed by atoms with E-state index in [1.165, 1.54) is 39.0 Å². The van der Waals surface area contributed by atoms with Crippen LogP contribution in [-0.2, 0) is 0 Å². The van der Waals surface area contributed by atoms with Gasteiger partial charge in [-0.1, -0.05) is 13.8 Å². The smallest absolute Gasteiger partial charge is 0.0220 e. The van der Waals surface area contributed by atoms with Crippen molar-refractivity contribution in [2.75, 3.05) is 46.3 Å². The van der Waals surface area contributed by atoms with Gasteiger partial charge in [0.15, 0.2) is 0 Å². The van der Waals surface area contributed by atoms with E-state index in [1.54, 1.807) is 0 Å². The van der Waals surface area contributed by atoms with Crippen molar-refractivity contribution in [1.29, 1.82) is 0 Å². The molecule has 0 amide bonds. The van der Waals surface area contributed by atoms with Crippen LogP contribution in [0, 0.1) is 5.41 Å². The number of hydrogen-bond acceptors (Lipinski definition) is 3. The van der Waals surface area contributed by atoms with E-state index in [-0.39, 0.29) is 0 Å². The highest BCUT2D eigenvalue weighted by Gasteiger charge is 2.28. The number of rotatable bonds is 2. The van der Waals surface area contributed by atoms with Crippen molar-refractivity contribution in [2.45, 2.75) is 32.7 Å². The third-order valence-electron chi connectivity index (χ3n) is 4.00. The van der Waals surface area contributed by atoms with Crippen LogP contribution < -0.4 is 5.32 Å². The monoisotopic (exact) mass is 225 g/mol. The van der Waals surface area contributed by atoms with E-state index in [4.69, 9.17) is 0 Å². The van der Waals surface area contributed by atoms with Gasteiger partial charge in [0.25, 0.3) is 0 Å². The van der Waals surface area contributed by atoms with Gasteiger partial charge in [-0.3, -0.25) is 4.90 Å². The van der Waals surface area contributed by atoms with Crippen LogP contribution in [0.25, 0.3) is 0 Å². The van der Waals surface area contributed by atoms with Crippen LogP contribution in [0.1, 0.15) is 26.7 Å². The third-order valence-corrected chi connectivity index (χ3v) is 4.00. The molecule has 1 atom stereocenters. The molecule has 0 aromatic heterocycles. The zero-order chi connectivity index (χ0) is 11.6. The fourth-order valence-electron chi connectivity index (χ4n) is 3.07. The molecule has 0 aromatic rings. The van der Waals surface area contributed by atoms with E-state index in [2.05, 4.69) is 36.0 Å². The van der Waals surface area contributed by atoms with Crippen LogP contribution >= 0.6 is 0 Å². The summed E-state index contributed by atoms with van der Waals surface area (Å²) in [7, 11) is 2.28. The summed E-state index contributed by atoms with van der Waals surface area (Å²) >= 11 is 0. The van der Waals surface area contributed by atoms with Crippen molar-refractivity contribution in [3.05, 3.63) is 0 Å².